The molecule has 7 aromatic rings. The molecule has 0 spiro atoms. The van der Waals surface area contributed by atoms with E-state index in [0.29, 0.717) is 0 Å². The molecule has 2 nitrogen and oxygen atoms in total. The quantitative estimate of drug-likeness (QED) is 0.160. The molecule has 0 radical (unpaired) electrons. The average molecular weight is 741 g/mol. The van der Waals surface area contributed by atoms with E-state index in [9.17, 15) is 0 Å². The van der Waals surface area contributed by atoms with Crippen LogP contribution in [0.5, 0.6) is 0 Å². The summed E-state index contributed by atoms with van der Waals surface area (Å²) in [4.78, 5) is 2.74. The van der Waals surface area contributed by atoms with Gasteiger partial charge in [-0.05, 0) is 124 Å². The van der Waals surface area contributed by atoms with Gasteiger partial charge in [-0.2, -0.15) is 0 Å². The van der Waals surface area contributed by atoms with Gasteiger partial charge in [0, 0.05) is 55.3 Å². The van der Waals surface area contributed by atoms with E-state index in [1.165, 1.54) is 126 Å². The van der Waals surface area contributed by atoms with E-state index in [-0.39, 0.29) is 23.1 Å². The van der Waals surface area contributed by atoms with E-state index in [1.807, 2.05) is 0 Å². The van der Waals surface area contributed by atoms with Gasteiger partial charge in [0.15, 0.2) is 0 Å². The highest BCUT2D eigenvalue weighted by molar-refractivity contribution is 6.85. The summed E-state index contributed by atoms with van der Waals surface area (Å²) < 4.78 is 2.75. The van der Waals surface area contributed by atoms with E-state index >= 15 is 0 Å². The van der Waals surface area contributed by atoms with Crippen molar-refractivity contribution in [2.24, 2.45) is 0 Å². The molecule has 0 fully saturated rings. The zero-order chi connectivity index (χ0) is 39.2. The Morgan fingerprint density at radius 3 is 2.11 bits per heavy atom. The molecule has 0 amide bonds. The average Bonchev–Trinajstić information content (AvgIpc) is 3.66. The SMILES string of the molecule is CCCCc1ccc(N2C3=C(B4c5c(cc(C)cc52)-c2cccc5c6ccccc6n4c25)C(C)(C)c2cc4c(cc23)C(C)(C)CCC4(C)C)c(-c2ccccc2)c1. The normalized spacial score (nSPS) is 17.8. The Hall–Kier alpha value is -5.28. The summed E-state index contributed by atoms with van der Waals surface area (Å²) in [5.41, 5.74) is 23.5. The number of allylic oxidation sites excluding steroid dienone is 1. The minimum atomic E-state index is -0.238. The van der Waals surface area contributed by atoms with Gasteiger partial charge in [-0.1, -0.05) is 140 Å². The Morgan fingerprint density at radius 1 is 0.614 bits per heavy atom. The largest absolute Gasteiger partial charge is 0.376 e. The number of nitrogens with zero attached hydrogens (tertiary/aromatic N) is 2. The third-order valence-corrected chi connectivity index (χ3v) is 14.6. The predicted octanol–water partition coefficient (Wildman–Crippen LogP) is 13.6. The van der Waals surface area contributed by atoms with Crippen LogP contribution in [0, 0.1) is 6.92 Å². The van der Waals surface area contributed by atoms with Crippen LogP contribution in [0.1, 0.15) is 108 Å². The van der Waals surface area contributed by atoms with Crippen molar-refractivity contribution >= 4 is 51.2 Å². The Morgan fingerprint density at radius 2 is 1.33 bits per heavy atom. The number of unbranched alkanes of at least 4 members (excludes halogenated alkanes) is 1. The van der Waals surface area contributed by atoms with Gasteiger partial charge in [-0.15, -0.1) is 0 Å². The number of para-hydroxylation sites is 2. The zero-order valence-electron chi connectivity index (χ0n) is 35.0. The topological polar surface area (TPSA) is 8.17 Å². The molecule has 282 valence electrons. The van der Waals surface area contributed by atoms with Crippen LogP contribution >= 0.6 is 0 Å². The first-order valence-corrected chi connectivity index (χ1v) is 21.5. The van der Waals surface area contributed by atoms with Crippen molar-refractivity contribution in [3.63, 3.8) is 0 Å². The molecule has 0 bridgehead atoms. The van der Waals surface area contributed by atoms with E-state index in [2.05, 4.69) is 180 Å². The maximum Gasteiger partial charge on any atom is 0.329 e. The summed E-state index contributed by atoms with van der Waals surface area (Å²) in [5, 5.41) is 2.69. The van der Waals surface area contributed by atoms with E-state index in [4.69, 9.17) is 0 Å². The Kier molecular flexibility index (Phi) is 7.28. The molecule has 0 atom stereocenters. The van der Waals surface area contributed by atoms with Crippen molar-refractivity contribution in [3.8, 4) is 22.3 Å². The summed E-state index contributed by atoms with van der Waals surface area (Å²) in [6, 6.07) is 45.0. The molecule has 3 heteroatoms. The summed E-state index contributed by atoms with van der Waals surface area (Å²) in [7, 11) is 0. The fourth-order valence-electron chi connectivity index (χ4n) is 11.6. The highest BCUT2D eigenvalue weighted by Gasteiger charge is 2.54. The second-order valence-electron chi connectivity index (χ2n) is 19.5. The van der Waals surface area contributed by atoms with Crippen LogP contribution in [-0.2, 0) is 22.7 Å². The van der Waals surface area contributed by atoms with Gasteiger partial charge < -0.3 is 9.38 Å². The van der Waals surface area contributed by atoms with Gasteiger partial charge in [0.25, 0.3) is 0 Å². The van der Waals surface area contributed by atoms with Crippen molar-refractivity contribution < 1.29 is 0 Å². The molecular weight excluding hydrogens is 687 g/mol. The first-order valence-electron chi connectivity index (χ1n) is 21.5. The fourth-order valence-corrected chi connectivity index (χ4v) is 11.6. The Bertz CT molecular complexity index is 2880. The maximum absolute atomic E-state index is 2.75. The summed E-state index contributed by atoms with van der Waals surface area (Å²) in [5.74, 6) is 0. The molecule has 1 aromatic heterocycles. The molecule has 6 aromatic carbocycles. The maximum atomic E-state index is 2.75. The summed E-state index contributed by atoms with van der Waals surface area (Å²) >= 11 is 0. The van der Waals surface area contributed by atoms with Crippen LogP contribution in [0.3, 0.4) is 0 Å². The standard InChI is InChI=1S/C54H53BN2/c1-9-10-17-34-24-25-45(39(30-34)35-18-12-11-13-19-35)56-47-29-33(2)28-40-38-22-16-21-37-36-20-14-15-23-46(36)57(49(37)38)55(48(40)47)51-50(56)41-31-43-44(32-42(41)54(51,7)8)53(5,6)27-26-52(43,3)4/h11-16,18-25,28-32H,9-10,17,26-27H2,1-8H3. The third kappa shape index (κ3) is 4.72. The number of benzene rings is 6. The van der Waals surface area contributed by atoms with Gasteiger partial charge in [0.1, 0.15) is 0 Å². The highest BCUT2D eigenvalue weighted by Crippen LogP contribution is 2.59. The third-order valence-electron chi connectivity index (χ3n) is 14.6. The van der Waals surface area contributed by atoms with Crippen LogP contribution < -0.4 is 10.4 Å². The van der Waals surface area contributed by atoms with Crippen molar-refractivity contribution in [3.05, 3.63) is 154 Å². The lowest BCUT2D eigenvalue weighted by atomic mass is 9.40. The molecule has 57 heavy (non-hydrogen) atoms. The number of hydrogen-bond acceptors (Lipinski definition) is 1. The minimum absolute atomic E-state index is 0.0450. The van der Waals surface area contributed by atoms with Gasteiger partial charge in [-0.25, -0.2) is 0 Å². The second-order valence-corrected chi connectivity index (χ2v) is 19.5. The molecule has 0 saturated heterocycles. The lowest BCUT2D eigenvalue weighted by Gasteiger charge is -2.43. The zero-order valence-corrected chi connectivity index (χ0v) is 35.0. The monoisotopic (exact) mass is 740 g/mol. The summed E-state index contributed by atoms with van der Waals surface area (Å²) in [6.45, 7) is 19.6. The molecule has 2 aliphatic heterocycles. The lowest BCUT2D eigenvalue weighted by Crippen LogP contribution is -2.52. The molecule has 0 N–H and O–H groups in total. The van der Waals surface area contributed by atoms with Crippen LogP contribution in [0.15, 0.2) is 121 Å². The molecule has 2 aliphatic carbocycles. The van der Waals surface area contributed by atoms with Crippen molar-refractivity contribution in [2.75, 3.05) is 4.90 Å². The Labute approximate surface area is 339 Å². The van der Waals surface area contributed by atoms with E-state index < -0.39 is 0 Å². The highest BCUT2D eigenvalue weighted by atomic mass is 15.2. The number of rotatable bonds is 5. The molecule has 0 unspecified atom stereocenters. The van der Waals surface area contributed by atoms with Crippen LogP contribution in [0.2, 0.25) is 0 Å². The number of fused-ring (bicyclic) bond motifs is 9. The predicted molar refractivity (Wildman–Crippen MR) is 245 cm³/mol. The van der Waals surface area contributed by atoms with Crippen LogP contribution in [0.4, 0.5) is 11.4 Å². The van der Waals surface area contributed by atoms with Gasteiger partial charge in [0.2, 0.25) is 0 Å². The van der Waals surface area contributed by atoms with E-state index in [0.717, 1.165) is 6.42 Å². The second kappa shape index (κ2) is 11.9. The smallest absolute Gasteiger partial charge is 0.329 e. The van der Waals surface area contributed by atoms with Crippen LogP contribution in [0.25, 0.3) is 49.8 Å². The van der Waals surface area contributed by atoms with E-state index in [1.54, 1.807) is 5.56 Å². The minimum Gasteiger partial charge on any atom is -0.376 e. The van der Waals surface area contributed by atoms with Gasteiger partial charge in [0.05, 0.1) is 5.69 Å². The lowest BCUT2D eigenvalue weighted by molar-refractivity contribution is 0.331. The molecule has 3 heterocycles. The molecular formula is C54H53BN2. The first-order chi connectivity index (χ1) is 27.4. The number of hydrogen-bond donors (Lipinski definition) is 0. The van der Waals surface area contributed by atoms with Crippen molar-refractivity contribution in [1.29, 1.82) is 0 Å². The number of aromatic nitrogens is 1. The Balaban J connectivity index is 1.31. The fraction of sp³-hybridized carbons (Fsp3) is 0.296. The van der Waals surface area contributed by atoms with Gasteiger partial charge in [-0.3, -0.25) is 0 Å². The summed E-state index contributed by atoms with van der Waals surface area (Å²) in [6.07, 6.45) is 5.87. The molecule has 0 saturated carbocycles. The van der Waals surface area contributed by atoms with Crippen LogP contribution in [-0.4, -0.2) is 11.3 Å². The van der Waals surface area contributed by atoms with Crippen molar-refractivity contribution in [2.45, 2.75) is 104 Å². The van der Waals surface area contributed by atoms with Crippen molar-refractivity contribution in [1.82, 2.24) is 4.48 Å². The van der Waals surface area contributed by atoms with Gasteiger partial charge >= 0.3 is 6.85 Å². The molecule has 4 aliphatic rings. The first kappa shape index (κ1) is 34.9. The molecule has 11 rings (SSSR count). The number of anilines is 2. The number of aryl methyl sites for hydroxylation is 2.